The van der Waals surface area contributed by atoms with E-state index < -0.39 is 53.9 Å². The Bertz CT molecular complexity index is 1300. The maximum atomic E-state index is 13.7. The number of allylic oxidation sites excluding steroid dienone is 4. The summed E-state index contributed by atoms with van der Waals surface area (Å²) in [4.78, 5) is 63.0. The van der Waals surface area contributed by atoms with E-state index in [-0.39, 0.29) is 53.9 Å². The Labute approximate surface area is 264 Å². The van der Waals surface area contributed by atoms with Crippen molar-refractivity contribution in [3.63, 3.8) is 0 Å². The number of hydrogen-bond acceptors (Lipinski definition) is 10. The fourth-order valence-corrected chi connectivity index (χ4v) is 5.20. The number of aliphatic hydroxyl groups is 1. The summed E-state index contributed by atoms with van der Waals surface area (Å²) in [6.07, 6.45) is 3.47. The number of rotatable bonds is 7. The molecule has 248 valence electrons. The second kappa shape index (κ2) is 17.4. The number of ketones is 2. The fraction of sp³-hybridized carbons (Fsp3) is 0.531. The first-order valence-corrected chi connectivity index (χ1v) is 14.8. The molecular formula is C32H46N4O9. The first-order chi connectivity index (χ1) is 21.2. The largest absolute Gasteiger partial charge is 0.439 e. The molecule has 0 aromatic carbocycles. The topological polar surface area (TPSA) is 195 Å². The third kappa shape index (κ3) is 10.8. The van der Waals surface area contributed by atoms with Gasteiger partial charge in [-0.25, -0.2) is 4.79 Å². The number of aliphatic hydroxyl groups excluding tert-OH is 1. The zero-order valence-corrected chi connectivity index (χ0v) is 27.0. The van der Waals surface area contributed by atoms with Gasteiger partial charge in [0.25, 0.3) is 5.91 Å². The van der Waals surface area contributed by atoms with Crippen LogP contribution in [0, 0.1) is 11.8 Å². The lowest BCUT2D eigenvalue weighted by Gasteiger charge is -2.30. The van der Waals surface area contributed by atoms with Crippen molar-refractivity contribution in [3.05, 3.63) is 58.5 Å². The summed E-state index contributed by atoms with van der Waals surface area (Å²) < 4.78 is 16.6. The van der Waals surface area contributed by atoms with E-state index >= 15 is 0 Å². The Balaban J connectivity index is 2.58. The molecule has 2 rings (SSSR count). The maximum absolute atomic E-state index is 13.7. The number of Topliss-reactive ketones (excluding diaryl/α,β-unsaturated/α-hetero) is 1. The summed E-state index contributed by atoms with van der Waals surface area (Å²) in [5.74, 6) is -2.58. The van der Waals surface area contributed by atoms with Crippen LogP contribution in [0.25, 0.3) is 0 Å². The number of primary amides is 1. The molecule has 0 saturated heterocycles. The number of nitrogens with two attached hydrogens (primary N) is 1. The van der Waals surface area contributed by atoms with Crippen molar-refractivity contribution in [2.24, 2.45) is 17.6 Å². The fourth-order valence-electron chi connectivity index (χ4n) is 5.20. The molecule has 0 aromatic heterocycles. The highest BCUT2D eigenvalue weighted by molar-refractivity contribution is 6.23. The van der Waals surface area contributed by atoms with E-state index in [9.17, 15) is 29.1 Å². The van der Waals surface area contributed by atoms with Gasteiger partial charge in [0.2, 0.25) is 17.5 Å². The SMILES string of the molecule is CO[C@H]1C[C@H](C)CC2=C(NCCNC(C)=O)C(=O)C=C(NC(=O)/C(C)=C\C=C\[C@@H](OC)[C@@H](OC(N)=O)/C(C)=C/[C@H](C)[C@H]1O)C2=O. The van der Waals surface area contributed by atoms with Gasteiger partial charge in [-0.2, -0.15) is 0 Å². The quantitative estimate of drug-likeness (QED) is 0.156. The number of hydrogen-bond donors (Lipinski definition) is 5. The predicted molar refractivity (Wildman–Crippen MR) is 166 cm³/mol. The van der Waals surface area contributed by atoms with Gasteiger partial charge in [-0.15, -0.1) is 0 Å². The number of fused-ring (bicyclic) bond motifs is 2. The van der Waals surface area contributed by atoms with E-state index in [0.29, 0.717) is 12.0 Å². The molecule has 45 heavy (non-hydrogen) atoms. The Hall–Kier alpha value is -4.07. The minimum Gasteiger partial charge on any atom is -0.439 e. The van der Waals surface area contributed by atoms with Gasteiger partial charge in [-0.1, -0.05) is 38.2 Å². The van der Waals surface area contributed by atoms with E-state index in [2.05, 4.69) is 16.0 Å². The summed E-state index contributed by atoms with van der Waals surface area (Å²) >= 11 is 0. The third-order valence-corrected chi connectivity index (χ3v) is 7.59. The van der Waals surface area contributed by atoms with E-state index in [4.69, 9.17) is 19.9 Å². The molecule has 0 radical (unpaired) electrons. The summed E-state index contributed by atoms with van der Waals surface area (Å²) in [6.45, 7) is 8.70. The van der Waals surface area contributed by atoms with Crippen LogP contribution >= 0.6 is 0 Å². The Kier molecular flexibility index (Phi) is 14.4. The van der Waals surface area contributed by atoms with Crippen molar-refractivity contribution in [1.29, 1.82) is 0 Å². The molecule has 3 amide bonds. The average Bonchev–Trinajstić information content (AvgIpc) is 2.97. The zero-order chi connectivity index (χ0) is 33.8. The van der Waals surface area contributed by atoms with Gasteiger partial charge < -0.3 is 41.0 Å². The van der Waals surface area contributed by atoms with E-state index in [0.717, 1.165) is 6.08 Å². The summed E-state index contributed by atoms with van der Waals surface area (Å²) in [6, 6.07) is 0. The molecular weight excluding hydrogens is 584 g/mol. The Morgan fingerprint density at radius 2 is 1.80 bits per heavy atom. The van der Waals surface area contributed by atoms with Crippen LogP contribution in [-0.2, 0) is 33.4 Å². The van der Waals surface area contributed by atoms with Crippen molar-refractivity contribution < 1.29 is 43.3 Å². The molecule has 2 aliphatic rings. The van der Waals surface area contributed by atoms with Gasteiger partial charge in [-0.05, 0) is 38.2 Å². The molecule has 0 fully saturated rings. The number of ether oxygens (including phenoxy) is 3. The summed E-state index contributed by atoms with van der Waals surface area (Å²) in [5, 5.41) is 19.4. The Morgan fingerprint density at radius 1 is 1.11 bits per heavy atom. The van der Waals surface area contributed by atoms with Crippen LogP contribution in [0.4, 0.5) is 4.79 Å². The monoisotopic (exact) mass is 630 g/mol. The lowest BCUT2D eigenvalue weighted by atomic mass is 9.85. The number of carbonyl (C=O) groups excluding carboxylic acids is 5. The number of amides is 3. The summed E-state index contributed by atoms with van der Waals surface area (Å²) in [5.41, 5.74) is 6.23. The normalized spacial score (nSPS) is 30.2. The molecule has 0 aromatic rings. The van der Waals surface area contributed by atoms with Gasteiger partial charge in [0.15, 0.2) is 6.10 Å². The Morgan fingerprint density at radius 3 is 2.40 bits per heavy atom. The number of nitrogens with one attached hydrogen (secondary N) is 3. The highest BCUT2D eigenvalue weighted by atomic mass is 16.6. The van der Waals surface area contributed by atoms with Crippen LogP contribution in [0.15, 0.2) is 58.5 Å². The van der Waals surface area contributed by atoms with Crippen LogP contribution in [0.3, 0.4) is 0 Å². The van der Waals surface area contributed by atoms with E-state index in [1.165, 1.54) is 40.2 Å². The van der Waals surface area contributed by atoms with Gasteiger partial charge in [-0.3, -0.25) is 19.2 Å². The second-order valence-corrected chi connectivity index (χ2v) is 11.3. The van der Waals surface area contributed by atoms with E-state index in [1.807, 2.05) is 6.92 Å². The molecule has 0 spiro atoms. The second-order valence-electron chi connectivity index (χ2n) is 11.3. The van der Waals surface area contributed by atoms with Crippen LogP contribution in [-0.4, -0.2) is 86.3 Å². The molecule has 13 heteroatoms. The minimum absolute atomic E-state index is 0.0869. The van der Waals surface area contributed by atoms with Crippen molar-refractivity contribution in [2.45, 2.75) is 71.9 Å². The van der Waals surface area contributed by atoms with Gasteiger partial charge in [0.1, 0.15) is 6.10 Å². The smallest absolute Gasteiger partial charge is 0.405 e. The minimum atomic E-state index is -1.01. The van der Waals surface area contributed by atoms with Gasteiger partial charge in [0, 0.05) is 57.4 Å². The van der Waals surface area contributed by atoms with Gasteiger partial charge in [0.05, 0.1) is 23.6 Å². The van der Waals surface area contributed by atoms with E-state index in [1.54, 1.807) is 26.0 Å². The molecule has 6 atom stereocenters. The molecule has 1 heterocycles. The molecule has 0 unspecified atom stereocenters. The lowest BCUT2D eigenvalue weighted by molar-refractivity contribution is -0.120. The lowest BCUT2D eigenvalue weighted by Crippen LogP contribution is -2.39. The number of carbonyl (C=O) groups is 5. The zero-order valence-electron chi connectivity index (χ0n) is 27.0. The molecule has 6 N–H and O–H groups in total. The highest BCUT2D eigenvalue weighted by Gasteiger charge is 2.33. The standard InChI is InChI=1S/C32H46N4O9/c1-17-13-22-27(35-12-11-34-21(5)37)24(38)16-23(29(22)40)36-31(41)18(2)9-8-10-25(43-6)30(45-32(33)42)20(4)15-19(3)28(39)26(14-17)44-7/h8-10,15-17,19,25-26,28,30,35,39H,11-14H2,1-7H3,(H2,33,42)(H,34,37)(H,36,41)/b10-8+,18-9-,20-15+/t17-,19+,25-,26+,28-,30+/m1/s1. The maximum Gasteiger partial charge on any atom is 0.405 e. The summed E-state index contributed by atoms with van der Waals surface area (Å²) in [7, 11) is 2.89. The molecule has 0 saturated carbocycles. The van der Waals surface area contributed by atoms with Crippen LogP contribution in [0.5, 0.6) is 0 Å². The van der Waals surface area contributed by atoms with Crippen LogP contribution in [0.2, 0.25) is 0 Å². The number of methoxy groups -OCH3 is 2. The van der Waals surface area contributed by atoms with Crippen molar-refractivity contribution in [2.75, 3.05) is 27.3 Å². The molecule has 1 aliphatic heterocycles. The van der Waals surface area contributed by atoms with Gasteiger partial charge >= 0.3 is 6.09 Å². The van der Waals surface area contributed by atoms with Crippen molar-refractivity contribution in [1.82, 2.24) is 16.0 Å². The first-order valence-electron chi connectivity index (χ1n) is 14.8. The predicted octanol–water partition coefficient (Wildman–Crippen LogP) is 1.49. The molecule has 13 nitrogen and oxygen atoms in total. The van der Waals surface area contributed by atoms with Crippen LogP contribution in [0.1, 0.15) is 47.5 Å². The molecule has 2 bridgehead atoms. The average molecular weight is 631 g/mol. The first kappa shape index (κ1) is 37.1. The molecule has 1 aliphatic carbocycles. The van der Waals surface area contributed by atoms with Crippen molar-refractivity contribution in [3.8, 4) is 0 Å². The van der Waals surface area contributed by atoms with Crippen molar-refractivity contribution >= 4 is 29.5 Å². The third-order valence-electron chi connectivity index (χ3n) is 7.59. The highest BCUT2D eigenvalue weighted by Crippen LogP contribution is 2.28. The van der Waals surface area contributed by atoms with Crippen LogP contribution < -0.4 is 21.7 Å².